The summed E-state index contributed by atoms with van der Waals surface area (Å²) in [6.07, 6.45) is 3.64. The van der Waals surface area contributed by atoms with Crippen molar-refractivity contribution in [2.24, 2.45) is 0 Å². The van der Waals surface area contributed by atoms with Crippen LogP contribution in [0.2, 0.25) is 0 Å². The van der Waals surface area contributed by atoms with Crippen LogP contribution in [-0.2, 0) is 13.0 Å². The van der Waals surface area contributed by atoms with Crippen LogP contribution in [0.15, 0.2) is 48.5 Å². The van der Waals surface area contributed by atoms with Crippen molar-refractivity contribution in [1.82, 2.24) is 5.32 Å². The summed E-state index contributed by atoms with van der Waals surface area (Å²) in [4.78, 5) is 0. The summed E-state index contributed by atoms with van der Waals surface area (Å²) in [5.41, 5.74) is 4.07. The van der Waals surface area contributed by atoms with Gasteiger partial charge in [0, 0.05) is 6.04 Å². The van der Waals surface area contributed by atoms with Gasteiger partial charge in [-0.15, -0.1) is 0 Å². The summed E-state index contributed by atoms with van der Waals surface area (Å²) < 4.78 is 5.91. The van der Waals surface area contributed by atoms with Gasteiger partial charge in [0.1, 0.15) is 12.4 Å². The second-order valence-electron chi connectivity index (χ2n) is 5.37. The molecule has 1 atom stereocenters. The lowest BCUT2D eigenvalue weighted by Gasteiger charge is -2.25. The third-order valence-electron chi connectivity index (χ3n) is 4.03. The van der Waals surface area contributed by atoms with Crippen LogP contribution in [0.5, 0.6) is 5.75 Å². The number of ether oxygens (including phenoxy) is 1. The Morgan fingerprint density at radius 2 is 2.00 bits per heavy atom. The maximum atomic E-state index is 5.91. The molecule has 0 aromatic heterocycles. The van der Waals surface area contributed by atoms with Crippen molar-refractivity contribution in [1.29, 1.82) is 0 Å². The fraction of sp³-hybridized carbons (Fsp3) is 0.333. The molecular formula is C18H21NO. The lowest BCUT2D eigenvalue weighted by Crippen LogP contribution is -2.21. The van der Waals surface area contributed by atoms with Crippen molar-refractivity contribution in [2.45, 2.75) is 31.9 Å². The topological polar surface area (TPSA) is 21.3 Å². The van der Waals surface area contributed by atoms with Gasteiger partial charge < -0.3 is 10.1 Å². The molecule has 104 valence electrons. The van der Waals surface area contributed by atoms with Crippen LogP contribution in [0.25, 0.3) is 0 Å². The Morgan fingerprint density at radius 3 is 2.80 bits per heavy atom. The zero-order valence-corrected chi connectivity index (χ0v) is 11.9. The molecule has 1 aliphatic rings. The molecular weight excluding hydrogens is 246 g/mol. The first kappa shape index (κ1) is 13.2. The van der Waals surface area contributed by atoms with Crippen LogP contribution >= 0.6 is 0 Å². The molecule has 2 heteroatoms. The maximum absolute atomic E-state index is 5.91. The predicted molar refractivity (Wildman–Crippen MR) is 82.0 cm³/mol. The van der Waals surface area contributed by atoms with E-state index in [4.69, 9.17) is 4.74 Å². The number of hydrogen-bond donors (Lipinski definition) is 1. The highest BCUT2D eigenvalue weighted by Crippen LogP contribution is 2.32. The summed E-state index contributed by atoms with van der Waals surface area (Å²) in [7, 11) is 2.04. The molecule has 0 heterocycles. The van der Waals surface area contributed by atoms with Gasteiger partial charge in [0.05, 0.1) is 0 Å². The fourth-order valence-corrected chi connectivity index (χ4v) is 2.92. The van der Waals surface area contributed by atoms with Crippen molar-refractivity contribution in [3.63, 3.8) is 0 Å². The summed E-state index contributed by atoms with van der Waals surface area (Å²) in [6, 6.07) is 17.3. The Balaban J connectivity index is 1.72. The van der Waals surface area contributed by atoms with Gasteiger partial charge in [-0.25, -0.2) is 0 Å². The normalized spacial score (nSPS) is 17.6. The highest BCUT2D eigenvalue weighted by molar-refractivity contribution is 5.39. The number of benzene rings is 2. The van der Waals surface area contributed by atoms with E-state index in [9.17, 15) is 0 Å². The quantitative estimate of drug-likeness (QED) is 0.908. The third-order valence-corrected chi connectivity index (χ3v) is 4.03. The number of nitrogens with one attached hydrogen (secondary N) is 1. The van der Waals surface area contributed by atoms with Gasteiger partial charge in [-0.2, -0.15) is 0 Å². The molecule has 0 fully saturated rings. The van der Waals surface area contributed by atoms with Crippen molar-refractivity contribution >= 4 is 0 Å². The van der Waals surface area contributed by atoms with E-state index >= 15 is 0 Å². The Morgan fingerprint density at radius 1 is 1.15 bits per heavy atom. The highest BCUT2D eigenvalue weighted by atomic mass is 16.5. The minimum absolute atomic E-state index is 0.502. The van der Waals surface area contributed by atoms with Crippen molar-refractivity contribution in [2.75, 3.05) is 7.05 Å². The van der Waals surface area contributed by atoms with Gasteiger partial charge in [-0.3, -0.25) is 0 Å². The van der Waals surface area contributed by atoms with Crippen molar-refractivity contribution in [3.8, 4) is 5.75 Å². The minimum Gasteiger partial charge on any atom is -0.489 e. The fourth-order valence-electron chi connectivity index (χ4n) is 2.92. The van der Waals surface area contributed by atoms with Gasteiger partial charge in [-0.1, -0.05) is 36.4 Å². The van der Waals surface area contributed by atoms with Crippen LogP contribution in [0.4, 0.5) is 0 Å². The van der Waals surface area contributed by atoms with E-state index in [1.807, 2.05) is 25.2 Å². The largest absolute Gasteiger partial charge is 0.489 e. The van der Waals surface area contributed by atoms with E-state index in [0.717, 1.165) is 12.2 Å². The smallest absolute Gasteiger partial charge is 0.120 e. The molecule has 2 aromatic rings. The predicted octanol–water partition coefficient (Wildman–Crippen LogP) is 3.86. The van der Waals surface area contributed by atoms with E-state index < -0.39 is 0 Å². The SMILES string of the molecule is CNC1CCCc2cc(OCc3ccccc3)ccc21. The van der Waals surface area contributed by atoms with Crippen LogP contribution in [0.3, 0.4) is 0 Å². The molecule has 1 aliphatic carbocycles. The monoisotopic (exact) mass is 267 g/mol. The zero-order chi connectivity index (χ0) is 13.8. The molecule has 0 saturated heterocycles. The summed E-state index contributed by atoms with van der Waals surface area (Å²) >= 11 is 0. The van der Waals surface area contributed by atoms with Gasteiger partial charge in [-0.05, 0) is 55.1 Å². The third kappa shape index (κ3) is 2.86. The van der Waals surface area contributed by atoms with Gasteiger partial charge in [0.15, 0.2) is 0 Å². The zero-order valence-electron chi connectivity index (χ0n) is 11.9. The molecule has 2 nitrogen and oxygen atoms in total. The average Bonchev–Trinajstić information content (AvgIpc) is 2.53. The number of fused-ring (bicyclic) bond motifs is 1. The first-order valence-electron chi connectivity index (χ1n) is 7.33. The summed E-state index contributed by atoms with van der Waals surface area (Å²) in [5.74, 6) is 0.976. The number of hydrogen-bond acceptors (Lipinski definition) is 2. The summed E-state index contributed by atoms with van der Waals surface area (Å²) in [6.45, 7) is 0.634. The Labute approximate surface area is 120 Å². The highest BCUT2D eigenvalue weighted by Gasteiger charge is 2.18. The van der Waals surface area contributed by atoms with Crippen LogP contribution in [0.1, 0.15) is 35.6 Å². The molecule has 0 spiro atoms. The molecule has 0 aliphatic heterocycles. The van der Waals surface area contributed by atoms with E-state index in [1.165, 1.54) is 29.5 Å². The van der Waals surface area contributed by atoms with Crippen molar-refractivity contribution in [3.05, 3.63) is 65.2 Å². The van der Waals surface area contributed by atoms with Gasteiger partial charge in [0.2, 0.25) is 0 Å². The Bertz CT molecular complexity index is 565. The summed E-state index contributed by atoms with van der Waals surface area (Å²) in [5, 5.41) is 3.40. The molecule has 1 N–H and O–H groups in total. The Kier molecular flexibility index (Phi) is 4.03. The van der Waals surface area contributed by atoms with Crippen molar-refractivity contribution < 1.29 is 4.74 Å². The Hall–Kier alpha value is -1.80. The molecule has 0 bridgehead atoms. The van der Waals surface area contributed by atoms with E-state index in [2.05, 4.69) is 35.6 Å². The van der Waals surface area contributed by atoms with E-state index in [1.54, 1.807) is 0 Å². The second kappa shape index (κ2) is 6.10. The molecule has 1 unspecified atom stereocenters. The standard InChI is InChI=1S/C18H21NO/c1-19-18-9-5-8-15-12-16(10-11-17(15)18)20-13-14-6-3-2-4-7-14/h2-4,6-7,10-12,18-19H,5,8-9,13H2,1H3. The molecule has 0 saturated carbocycles. The average molecular weight is 267 g/mol. The number of aryl methyl sites for hydroxylation is 1. The van der Waals surface area contributed by atoms with Gasteiger partial charge in [0.25, 0.3) is 0 Å². The molecule has 20 heavy (non-hydrogen) atoms. The first-order chi connectivity index (χ1) is 9.86. The molecule has 0 radical (unpaired) electrons. The lowest BCUT2D eigenvalue weighted by molar-refractivity contribution is 0.305. The second-order valence-corrected chi connectivity index (χ2v) is 5.37. The molecule has 0 amide bonds. The maximum Gasteiger partial charge on any atom is 0.120 e. The number of rotatable bonds is 4. The minimum atomic E-state index is 0.502. The lowest BCUT2D eigenvalue weighted by atomic mass is 9.87. The van der Waals surface area contributed by atoms with E-state index in [0.29, 0.717) is 12.6 Å². The molecule has 2 aromatic carbocycles. The molecule has 3 rings (SSSR count). The van der Waals surface area contributed by atoms with E-state index in [-0.39, 0.29) is 0 Å². The van der Waals surface area contributed by atoms with Crippen LogP contribution in [0, 0.1) is 0 Å². The van der Waals surface area contributed by atoms with Gasteiger partial charge >= 0.3 is 0 Å². The van der Waals surface area contributed by atoms with Crippen LogP contribution in [-0.4, -0.2) is 7.05 Å². The van der Waals surface area contributed by atoms with Crippen LogP contribution < -0.4 is 10.1 Å². The first-order valence-corrected chi connectivity index (χ1v) is 7.33.